The summed E-state index contributed by atoms with van der Waals surface area (Å²) < 4.78 is 30.6. The minimum Gasteiger partial charge on any atom is -0.467 e. The van der Waals surface area contributed by atoms with Crippen LogP contribution in [0.15, 0.2) is 70.2 Å². The van der Waals surface area contributed by atoms with Crippen LogP contribution in [0.4, 0.5) is 5.13 Å². The van der Waals surface area contributed by atoms with Gasteiger partial charge in [0.1, 0.15) is 5.76 Å². The van der Waals surface area contributed by atoms with Crippen LogP contribution in [0.5, 0.6) is 0 Å². The Morgan fingerprint density at radius 3 is 2.52 bits per heavy atom. The maximum absolute atomic E-state index is 13.4. The number of carbonyl (C=O) groups is 1. The molecular weight excluding hydrogens is 432 g/mol. The average Bonchev–Trinajstić information content (AvgIpc) is 3.46. The molecule has 0 aliphatic carbocycles. The number of amides is 1. The van der Waals surface area contributed by atoms with Gasteiger partial charge in [-0.05, 0) is 60.5 Å². The number of benzene rings is 2. The van der Waals surface area contributed by atoms with Crippen molar-refractivity contribution in [3.63, 3.8) is 0 Å². The van der Waals surface area contributed by atoms with Crippen molar-refractivity contribution in [1.82, 2.24) is 4.98 Å². The molecule has 0 N–H and O–H groups in total. The SMILES string of the molecule is CCc1ccc2nc(N(Cc3ccco3)C(=O)c3ccc(S(=O)(=O)CC)cc3)sc2c1. The van der Waals surface area contributed by atoms with Crippen molar-refractivity contribution < 1.29 is 17.6 Å². The second kappa shape index (κ2) is 8.64. The highest BCUT2D eigenvalue weighted by atomic mass is 32.2. The summed E-state index contributed by atoms with van der Waals surface area (Å²) in [6.45, 7) is 3.91. The number of hydrogen-bond acceptors (Lipinski definition) is 6. The third kappa shape index (κ3) is 4.40. The fraction of sp³-hybridized carbons (Fsp3) is 0.217. The lowest BCUT2D eigenvalue weighted by atomic mass is 10.2. The number of furan rings is 1. The maximum atomic E-state index is 13.4. The van der Waals surface area contributed by atoms with Crippen molar-refractivity contribution in [2.24, 2.45) is 0 Å². The molecule has 0 aliphatic rings. The van der Waals surface area contributed by atoms with Gasteiger partial charge in [0.05, 0.1) is 33.7 Å². The first-order chi connectivity index (χ1) is 14.9. The van der Waals surface area contributed by atoms with E-state index in [1.807, 2.05) is 12.1 Å². The Bertz CT molecular complexity index is 1310. The van der Waals surface area contributed by atoms with E-state index < -0.39 is 9.84 Å². The predicted molar refractivity (Wildman–Crippen MR) is 122 cm³/mol. The molecule has 4 aromatic rings. The first-order valence-corrected chi connectivity index (χ1v) is 12.4. The van der Waals surface area contributed by atoms with Crippen molar-refractivity contribution in [1.29, 1.82) is 0 Å². The first kappa shape index (κ1) is 21.3. The number of aryl methyl sites for hydroxylation is 1. The summed E-state index contributed by atoms with van der Waals surface area (Å²) in [7, 11) is -3.33. The van der Waals surface area contributed by atoms with Crippen molar-refractivity contribution in [2.45, 2.75) is 31.7 Å². The summed E-state index contributed by atoms with van der Waals surface area (Å²) in [6, 6.07) is 15.7. The summed E-state index contributed by atoms with van der Waals surface area (Å²) in [5.41, 5.74) is 2.42. The lowest BCUT2D eigenvalue weighted by Crippen LogP contribution is -2.30. The van der Waals surface area contributed by atoms with Gasteiger partial charge in [-0.1, -0.05) is 31.3 Å². The molecule has 2 aromatic heterocycles. The Morgan fingerprint density at radius 1 is 1.10 bits per heavy atom. The number of rotatable bonds is 7. The van der Waals surface area contributed by atoms with Gasteiger partial charge in [-0.25, -0.2) is 13.4 Å². The summed E-state index contributed by atoms with van der Waals surface area (Å²) in [6.07, 6.45) is 2.49. The average molecular weight is 455 g/mol. The zero-order chi connectivity index (χ0) is 22.0. The summed E-state index contributed by atoms with van der Waals surface area (Å²) >= 11 is 1.45. The molecule has 0 bridgehead atoms. The van der Waals surface area contributed by atoms with E-state index in [9.17, 15) is 13.2 Å². The quantitative estimate of drug-likeness (QED) is 0.388. The number of sulfone groups is 1. The molecule has 160 valence electrons. The molecule has 0 unspecified atom stereocenters. The molecule has 31 heavy (non-hydrogen) atoms. The molecular formula is C23H22N2O4S2. The number of nitrogens with zero attached hydrogens (tertiary/aromatic N) is 2. The van der Waals surface area contributed by atoms with Crippen LogP contribution in [0.25, 0.3) is 10.2 Å². The Balaban J connectivity index is 1.72. The standard InChI is InChI=1S/C23H22N2O4S2/c1-3-16-7-12-20-21(14-16)30-23(24-20)25(15-18-6-5-13-29-18)22(26)17-8-10-19(11-9-17)31(27,28)4-2/h5-14H,3-4,15H2,1-2H3. The van der Waals surface area contributed by atoms with E-state index >= 15 is 0 Å². The van der Waals surface area contributed by atoms with Crippen molar-refractivity contribution in [3.8, 4) is 0 Å². The van der Waals surface area contributed by atoms with Crippen LogP contribution >= 0.6 is 11.3 Å². The second-order valence-corrected chi connectivity index (χ2v) is 10.3. The number of thiazole rings is 1. The summed E-state index contributed by atoms with van der Waals surface area (Å²) in [5, 5.41) is 0.565. The second-order valence-electron chi connectivity index (χ2n) is 7.05. The third-order valence-corrected chi connectivity index (χ3v) is 7.85. The van der Waals surface area contributed by atoms with Crippen LogP contribution in [-0.2, 0) is 22.8 Å². The zero-order valence-corrected chi connectivity index (χ0v) is 18.9. The Hall–Kier alpha value is -2.97. The molecule has 0 saturated heterocycles. The number of hydrogen-bond donors (Lipinski definition) is 0. The maximum Gasteiger partial charge on any atom is 0.260 e. The molecule has 0 saturated carbocycles. The predicted octanol–water partition coefficient (Wildman–Crippen LogP) is 5.09. The van der Waals surface area contributed by atoms with E-state index in [2.05, 4.69) is 18.0 Å². The first-order valence-electron chi connectivity index (χ1n) is 9.98. The lowest BCUT2D eigenvalue weighted by molar-refractivity contribution is 0.0983. The smallest absolute Gasteiger partial charge is 0.260 e. The fourth-order valence-corrected chi connectivity index (χ4v) is 5.12. The van der Waals surface area contributed by atoms with E-state index in [0.717, 1.165) is 16.6 Å². The molecule has 0 aliphatic heterocycles. The Labute approximate surface area is 185 Å². The molecule has 2 aromatic carbocycles. The molecule has 4 rings (SSSR count). The van der Waals surface area contributed by atoms with Crippen LogP contribution in [0.3, 0.4) is 0 Å². The molecule has 0 spiro atoms. The van der Waals surface area contributed by atoms with Gasteiger partial charge in [0.25, 0.3) is 5.91 Å². The van der Waals surface area contributed by atoms with E-state index in [1.54, 1.807) is 42.4 Å². The van der Waals surface area contributed by atoms with E-state index in [1.165, 1.54) is 29.0 Å². The Morgan fingerprint density at radius 2 is 1.87 bits per heavy atom. The number of carbonyl (C=O) groups excluding carboxylic acids is 1. The van der Waals surface area contributed by atoms with Crippen molar-refractivity contribution in [2.75, 3.05) is 10.7 Å². The van der Waals surface area contributed by atoms with Crippen LogP contribution in [-0.4, -0.2) is 25.1 Å². The largest absolute Gasteiger partial charge is 0.467 e. The minimum absolute atomic E-state index is 0.0103. The van der Waals surface area contributed by atoms with Gasteiger partial charge >= 0.3 is 0 Å². The molecule has 0 atom stereocenters. The minimum atomic E-state index is -3.33. The van der Waals surface area contributed by atoms with Gasteiger partial charge < -0.3 is 4.42 Å². The number of aromatic nitrogens is 1. The van der Waals surface area contributed by atoms with Gasteiger partial charge in [-0.3, -0.25) is 9.69 Å². The van der Waals surface area contributed by atoms with Gasteiger partial charge in [-0.2, -0.15) is 0 Å². The Kier molecular flexibility index (Phi) is 5.93. The zero-order valence-electron chi connectivity index (χ0n) is 17.2. The molecule has 0 radical (unpaired) electrons. The number of fused-ring (bicyclic) bond motifs is 1. The van der Waals surface area contributed by atoms with Crippen LogP contribution in [0.2, 0.25) is 0 Å². The highest BCUT2D eigenvalue weighted by molar-refractivity contribution is 7.91. The summed E-state index contributed by atoms with van der Waals surface area (Å²) in [4.78, 5) is 19.8. The molecule has 1 amide bonds. The van der Waals surface area contributed by atoms with Crippen molar-refractivity contribution in [3.05, 3.63) is 77.7 Å². The van der Waals surface area contributed by atoms with Gasteiger partial charge in [0.2, 0.25) is 0 Å². The molecule has 0 fully saturated rings. The highest BCUT2D eigenvalue weighted by Gasteiger charge is 2.23. The van der Waals surface area contributed by atoms with Gasteiger partial charge in [-0.15, -0.1) is 0 Å². The van der Waals surface area contributed by atoms with Crippen LogP contribution in [0.1, 0.15) is 35.5 Å². The molecule has 6 nitrogen and oxygen atoms in total. The van der Waals surface area contributed by atoms with Crippen molar-refractivity contribution >= 4 is 42.4 Å². The van der Waals surface area contributed by atoms with E-state index in [4.69, 9.17) is 4.42 Å². The highest BCUT2D eigenvalue weighted by Crippen LogP contribution is 2.32. The lowest BCUT2D eigenvalue weighted by Gasteiger charge is -2.19. The topological polar surface area (TPSA) is 80.5 Å². The van der Waals surface area contributed by atoms with Crippen LogP contribution < -0.4 is 4.90 Å². The molecule has 2 heterocycles. The summed E-state index contributed by atoms with van der Waals surface area (Å²) in [5.74, 6) is 0.370. The van der Waals surface area contributed by atoms with E-state index in [0.29, 0.717) is 16.5 Å². The normalized spacial score (nSPS) is 11.7. The number of anilines is 1. The monoisotopic (exact) mass is 454 g/mol. The van der Waals surface area contributed by atoms with Gasteiger partial charge in [0, 0.05) is 5.56 Å². The third-order valence-electron chi connectivity index (χ3n) is 5.06. The molecule has 8 heteroatoms. The van der Waals surface area contributed by atoms with Crippen LogP contribution in [0, 0.1) is 0 Å². The fourth-order valence-electron chi connectivity index (χ4n) is 3.20. The van der Waals surface area contributed by atoms with E-state index in [-0.39, 0.29) is 23.1 Å². The van der Waals surface area contributed by atoms with Gasteiger partial charge in [0.15, 0.2) is 15.0 Å².